The lowest BCUT2D eigenvalue weighted by Crippen LogP contribution is -2.35. The number of fused-ring (bicyclic) bond motifs is 1. The normalized spacial score (nSPS) is 15.3. The maximum absolute atomic E-state index is 14.0. The van der Waals surface area contributed by atoms with Crippen LogP contribution in [0.1, 0.15) is 39.3 Å². The molecule has 0 fully saturated rings. The van der Waals surface area contributed by atoms with E-state index in [0.717, 1.165) is 23.8 Å². The molecular weight excluding hydrogens is 442 g/mol. The van der Waals surface area contributed by atoms with Gasteiger partial charge in [-0.2, -0.15) is 4.31 Å². The van der Waals surface area contributed by atoms with Crippen LogP contribution < -0.4 is 5.32 Å². The fourth-order valence-electron chi connectivity index (χ4n) is 3.58. The summed E-state index contributed by atoms with van der Waals surface area (Å²) in [6.07, 6.45) is 0.656. The third-order valence-corrected chi connectivity index (χ3v) is 8.14. The summed E-state index contributed by atoms with van der Waals surface area (Å²) in [6, 6.07) is 9.88. The molecule has 9 heteroatoms. The van der Waals surface area contributed by atoms with Gasteiger partial charge in [0.25, 0.3) is 5.91 Å². The first-order valence-electron chi connectivity index (χ1n) is 9.67. The second kappa shape index (κ2) is 8.49. The first-order valence-corrected chi connectivity index (χ1v) is 12.0. The number of nitrogens with one attached hydrogen (secondary N) is 1. The Morgan fingerprint density at radius 2 is 1.97 bits per heavy atom. The van der Waals surface area contributed by atoms with Crippen LogP contribution in [0.2, 0.25) is 0 Å². The Kier molecular flexibility index (Phi) is 5.92. The second-order valence-electron chi connectivity index (χ2n) is 7.35. The summed E-state index contributed by atoms with van der Waals surface area (Å²) < 4.78 is 55.1. The first-order chi connectivity index (χ1) is 14.8. The standard InChI is InChI=1S/C22H20F2N2O3S2/c1-14(19-12-17(23)5-6-20(19)24)25-22(27)15-3-2-4-18(11-15)31(28,29)26-9-7-21-16(13-26)8-10-30-21/h2-6,8,10-12,14H,7,9,13H2,1H3,(H,25,27). The van der Waals surface area contributed by atoms with Crippen molar-refractivity contribution < 1.29 is 22.0 Å². The van der Waals surface area contributed by atoms with E-state index in [1.54, 1.807) is 11.3 Å². The van der Waals surface area contributed by atoms with Gasteiger partial charge in [0.15, 0.2) is 0 Å². The molecule has 4 rings (SSSR count). The van der Waals surface area contributed by atoms with Gasteiger partial charge in [-0.25, -0.2) is 17.2 Å². The van der Waals surface area contributed by atoms with E-state index < -0.39 is 33.6 Å². The molecule has 31 heavy (non-hydrogen) atoms. The zero-order chi connectivity index (χ0) is 22.2. The van der Waals surface area contributed by atoms with E-state index >= 15 is 0 Å². The quantitative estimate of drug-likeness (QED) is 0.616. The van der Waals surface area contributed by atoms with Crippen LogP contribution in [0, 0.1) is 11.6 Å². The number of halogens is 2. The number of nitrogens with zero attached hydrogens (tertiary/aromatic N) is 1. The molecule has 1 unspecified atom stereocenters. The van der Waals surface area contributed by atoms with Crippen molar-refractivity contribution in [3.05, 3.63) is 87.1 Å². The van der Waals surface area contributed by atoms with Crippen molar-refractivity contribution >= 4 is 27.3 Å². The molecular formula is C22H20F2N2O3S2. The number of amides is 1. The molecule has 0 saturated carbocycles. The average molecular weight is 463 g/mol. The van der Waals surface area contributed by atoms with Gasteiger partial charge in [0.05, 0.1) is 10.9 Å². The number of carbonyl (C=O) groups is 1. The summed E-state index contributed by atoms with van der Waals surface area (Å²) in [7, 11) is -3.78. The highest BCUT2D eigenvalue weighted by atomic mass is 32.2. The fourth-order valence-corrected chi connectivity index (χ4v) is 5.93. The van der Waals surface area contributed by atoms with Crippen LogP contribution in [-0.4, -0.2) is 25.2 Å². The third kappa shape index (κ3) is 4.39. The van der Waals surface area contributed by atoms with E-state index in [9.17, 15) is 22.0 Å². The van der Waals surface area contributed by atoms with E-state index in [4.69, 9.17) is 0 Å². The van der Waals surface area contributed by atoms with Crippen LogP contribution >= 0.6 is 11.3 Å². The molecule has 1 aliphatic heterocycles. The first kappa shape index (κ1) is 21.6. The summed E-state index contributed by atoms with van der Waals surface area (Å²) in [6.45, 7) is 2.21. The van der Waals surface area contributed by atoms with E-state index in [2.05, 4.69) is 5.32 Å². The lowest BCUT2D eigenvalue weighted by molar-refractivity contribution is 0.0939. The van der Waals surface area contributed by atoms with Crippen molar-refractivity contribution in [1.29, 1.82) is 0 Å². The van der Waals surface area contributed by atoms with Crippen LogP contribution in [0.25, 0.3) is 0 Å². The summed E-state index contributed by atoms with van der Waals surface area (Å²) >= 11 is 1.62. The van der Waals surface area contributed by atoms with Crippen molar-refractivity contribution in [3.63, 3.8) is 0 Å². The molecule has 2 heterocycles. The number of carbonyl (C=O) groups excluding carboxylic acids is 1. The highest BCUT2D eigenvalue weighted by Crippen LogP contribution is 2.28. The number of sulfonamides is 1. The Hall–Kier alpha value is -2.62. The molecule has 1 N–H and O–H groups in total. The van der Waals surface area contributed by atoms with Gasteiger partial charge in [0.2, 0.25) is 10.0 Å². The van der Waals surface area contributed by atoms with Gasteiger partial charge >= 0.3 is 0 Å². The second-order valence-corrected chi connectivity index (χ2v) is 10.3. The molecule has 0 saturated heterocycles. The van der Waals surface area contributed by atoms with Gasteiger partial charge in [0.1, 0.15) is 11.6 Å². The Morgan fingerprint density at radius 1 is 1.16 bits per heavy atom. The Morgan fingerprint density at radius 3 is 2.77 bits per heavy atom. The zero-order valence-corrected chi connectivity index (χ0v) is 18.3. The number of benzene rings is 2. The number of hydrogen-bond acceptors (Lipinski definition) is 4. The minimum absolute atomic E-state index is 0.0111. The molecule has 3 aromatic rings. The smallest absolute Gasteiger partial charge is 0.251 e. The SMILES string of the molecule is CC(NC(=O)c1cccc(S(=O)(=O)N2CCc3sccc3C2)c1)c1cc(F)ccc1F. The van der Waals surface area contributed by atoms with Gasteiger partial charge in [0, 0.05) is 29.1 Å². The van der Waals surface area contributed by atoms with Gasteiger partial charge in [-0.3, -0.25) is 4.79 Å². The van der Waals surface area contributed by atoms with Crippen LogP contribution in [0.5, 0.6) is 0 Å². The van der Waals surface area contributed by atoms with Gasteiger partial charge < -0.3 is 5.32 Å². The van der Waals surface area contributed by atoms with Crippen molar-refractivity contribution in [2.75, 3.05) is 6.54 Å². The van der Waals surface area contributed by atoms with Crippen molar-refractivity contribution in [3.8, 4) is 0 Å². The van der Waals surface area contributed by atoms with E-state index in [-0.39, 0.29) is 16.0 Å². The van der Waals surface area contributed by atoms with E-state index in [1.807, 2.05) is 11.4 Å². The topological polar surface area (TPSA) is 66.5 Å². The molecule has 5 nitrogen and oxygen atoms in total. The number of hydrogen-bond donors (Lipinski definition) is 1. The maximum Gasteiger partial charge on any atom is 0.251 e. The highest BCUT2D eigenvalue weighted by Gasteiger charge is 2.29. The predicted molar refractivity (Wildman–Crippen MR) is 114 cm³/mol. The Labute approximate surface area is 183 Å². The maximum atomic E-state index is 14.0. The van der Waals surface area contributed by atoms with Crippen molar-refractivity contribution in [2.24, 2.45) is 0 Å². The zero-order valence-electron chi connectivity index (χ0n) is 16.6. The molecule has 0 bridgehead atoms. The summed E-state index contributed by atoms with van der Waals surface area (Å²) in [5, 5.41) is 4.55. The minimum Gasteiger partial charge on any atom is -0.345 e. The Balaban J connectivity index is 1.54. The molecule has 0 aliphatic carbocycles. The lowest BCUT2D eigenvalue weighted by atomic mass is 10.1. The van der Waals surface area contributed by atoms with E-state index in [1.165, 1.54) is 40.4 Å². The summed E-state index contributed by atoms with van der Waals surface area (Å²) in [4.78, 5) is 13.9. The molecule has 1 aromatic heterocycles. The van der Waals surface area contributed by atoms with Crippen molar-refractivity contribution in [1.82, 2.24) is 9.62 Å². The largest absolute Gasteiger partial charge is 0.345 e. The molecule has 0 radical (unpaired) electrons. The highest BCUT2D eigenvalue weighted by molar-refractivity contribution is 7.89. The molecule has 0 spiro atoms. The van der Waals surface area contributed by atoms with Crippen LogP contribution in [0.4, 0.5) is 8.78 Å². The lowest BCUT2D eigenvalue weighted by Gasteiger charge is -2.26. The van der Waals surface area contributed by atoms with Crippen LogP contribution in [0.3, 0.4) is 0 Å². The average Bonchev–Trinajstić information content (AvgIpc) is 3.23. The van der Waals surface area contributed by atoms with Crippen LogP contribution in [-0.2, 0) is 23.0 Å². The van der Waals surface area contributed by atoms with Gasteiger partial charge in [-0.15, -0.1) is 11.3 Å². The van der Waals surface area contributed by atoms with Gasteiger partial charge in [-0.05, 0) is 66.8 Å². The van der Waals surface area contributed by atoms with E-state index in [0.29, 0.717) is 19.5 Å². The number of thiophene rings is 1. The van der Waals surface area contributed by atoms with Crippen molar-refractivity contribution in [2.45, 2.75) is 30.8 Å². The predicted octanol–water partition coefficient (Wildman–Crippen LogP) is 4.26. The molecule has 162 valence electrons. The Bertz CT molecular complexity index is 1240. The summed E-state index contributed by atoms with van der Waals surface area (Å²) in [5.74, 6) is -1.82. The number of rotatable bonds is 5. The van der Waals surface area contributed by atoms with Gasteiger partial charge in [-0.1, -0.05) is 6.07 Å². The summed E-state index contributed by atoms with van der Waals surface area (Å²) in [5.41, 5.74) is 1.13. The van der Waals surface area contributed by atoms with Crippen LogP contribution in [0.15, 0.2) is 58.8 Å². The third-order valence-electron chi connectivity index (χ3n) is 5.28. The molecule has 1 aliphatic rings. The molecule has 1 atom stereocenters. The molecule has 1 amide bonds. The minimum atomic E-state index is -3.78. The monoisotopic (exact) mass is 462 g/mol. The fraction of sp³-hybridized carbons (Fsp3) is 0.227. The molecule has 2 aromatic carbocycles.